The van der Waals surface area contributed by atoms with Crippen molar-refractivity contribution < 1.29 is 4.74 Å². The van der Waals surface area contributed by atoms with Gasteiger partial charge >= 0.3 is 0 Å². The number of benzene rings is 2. The minimum atomic E-state index is 0.112. The molecular formula is C15H15BrINO. The van der Waals surface area contributed by atoms with E-state index in [0.29, 0.717) is 0 Å². The summed E-state index contributed by atoms with van der Waals surface area (Å²) in [4.78, 5) is 0. The molecule has 2 rings (SSSR count). The van der Waals surface area contributed by atoms with Gasteiger partial charge in [0.15, 0.2) is 0 Å². The van der Waals surface area contributed by atoms with Gasteiger partial charge in [0.2, 0.25) is 0 Å². The van der Waals surface area contributed by atoms with E-state index in [-0.39, 0.29) is 6.04 Å². The van der Waals surface area contributed by atoms with Crippen LogP contribution in [0.15, 0.2) is 46.9 Å². The lowest BCUT2D eigenvalue weighted by Crippen LogP contribution is -2.19. The Labute approximate surface area is 135 Å². The second-order valence-corrected chi connectivity index (χ2v) is 6.21. The van der Waals surface area contributed by atoms with Gasteiger partial charge in [0.25, 0.3) is 0 Å². The quantitative estimate of drug-likeness (QED) is 0.725. The van der Waals surface area contributed by atoms with Crippen LogP contribution in [0.4, 0.5) is 0 Å². The third kappa shape index (κ3) is 3.30. The van der Waals surface area contributed by atoms with E-state index in [1.165, 1.54) is 9.13 Å². The first-order valence-corrected chi connectivity index (χ1v) is 7.79. The lowest BCUT2D eigenvalue weighted by molar-refractivity contribution is 0.405. The fraction of sp³-hybridized carbons (Fsp3) is 0.200. The molecule has 0 saturated heterocycles. The highest BCUT2D eigenvalue weighted by atomic mass is 127. The van der Waals surface area contributed by atoms with E-state index in [9.17, 15) is 0 Å². The first-order chi connectivity index (χ1) is 9.17. The summed E-state index contributed by atoms with van der Waals surface area (Å²) in [6.45, 7) is 0. The third-order valence-electron chi connectivity index (χ3n) is 3.01. The van der Waals surface area contributed by atoms with Crippen molar-refractivity contribution in [2.45, 2.75) is 6.04 Å². The standard InChI is InChI=1S/C15H15BrINO/c1-18-15(11-5-3-4-6-14(11)19-2)12-9-10(16)7-8-13(12)17/h3-9,15,18H,1-2H3. The molecule has 100 valence electrons. The van der Waals surface area contributed by atoms with Crippen LogP contribution in [0.5, 0.6) is 5.75 Å². The second kappa shape index (κ2) is 6.72. The molecule has 0 spiro atoms. The molecular weight excluding hydrogens is 417 g/mol. The predicted molar refractivity (Wildman–Crippen MR) is 90.8 cm³/mol. The average Bonchev–Trinajstić information content (AvgIpc) is 2.44. The molecule has 0 aliphatic heterocycles. The van der Waals surface area contributed by atoms with Crippen molar-refractivity contribution in [3.8, 4) is 5.75 Å². The summed E-state index contributed by atoms with van der Waals surface area (Å²) in [7, 11) is 3.67. The van der Waals surface area contributed by atoms with E-state index < -0.39 is 0 Å². The molecule has 19 heavy (non-hydrogen) atoms. The van der Waals surface area contributed by atoms with E-state index in [0.717, 1.165) is 15.8 Å². The molecule has 0 heterocycles. The van der Waals surface area contributed by atoms with Gasteiger partial charge in [-0.3, -0.25) is 0 Å². The summed E-state index contributed by atoms with van der Waals surface area (Å²) < 4.78 is 7.77. The predicted octanol–water partition coefficient (Wildman–Crippen LogP) is 4.37. The summed E-state index contributed by atoms with van der Waals surface area (Å²) in [6, 6.07) is 14.5. The van der Waals surface area contributed by atoms with Crippen LogP contribution in [-0.4, -0.2) is 14.2 Å². The number of rotatable bonds is 4. The molecule has 0 aromatic heterocycles. The number of ether oxygens (including phenoxy) is 1. The first kappa shape index (κ1) is 14.8. The smallest absolute Gasteiger partial charge is 0.123 e. The largest absolute Gasteiger partial charge is 0.496 e. The molecule has 1 N–H and O–H groups in total. The van der Waals surface area contributed by atoms with Gasteiger partial charge in [-0.2, -0.15) is 0 Å². The Hall–Kier alpha value is -0.590. The fourth-order valence-electron chi connectivity index (χ4n) is 2.12. The summed E-state index contributed by atoms with van der Waals surface area (Å²) in [5.74, 6) is 0.901. The van der Waals surface area contributed by atoms with Crippen LogP contribution in [0.2, 0.25) is 0 Å². The maximum absolute atomic E-state index is 5.47. The Kier molecular flexibility index (Phi) is 5.24. The Balaban J connectivity index is 2.53. The summed E-state index contributed by atoms with van der Waals surface area (Å²) in [5.41, 5.74) is 2.38. The molecule has 0 bridgehead atoms. The molecule has 4 heteroatoms. The number of hydrogen-bond acceptors (Lipinski definition) is 2. The lowest BCUT2D eigenvalue weighted by atomic mass is 9.98. The highest BCUT2D eigenvalue weighted by Crippen LogP contribution is 2.33. The monoisotopic (exact) mass is 431 g/mol. The molecule has 2 aromatic rings. The van der Waals surface area contributed by atoms with Crippen molar-refractivity contribution >= 4 is 38.5 Å². The minimum absolute atomic E-state index is 0.112. The lowest BCUT2D eigenvalue weighted by Gasteiger charge is -2.21. The van der Waals surface area contributed by atoms with Crippen LogP contribution < -0.4 is 10.1 Å². The molecule has 1 unspecified atom stereocenters. The van der Waals surface area contributed by atoms with Crippen LogP contribution >= 0.6 is 38.5 Å². The van der Waals surface area contributed by atoms with Crippen molar-refractivity contribution in [3.63, 3.8) is 0 Å². The van der Waals surface area contributed by atoms with Crippen molar-refractivity contribution in [3.05, 3.63) is 61.6 Å². The third-order valence-corrected chi connectivity index (χ3v) is 4.48. The maximum atomic E-state index is 5.47. The Bertz CT molecular complexity index is 574. The van der Waals surface area contributed by atoms with E-state index >= 15 is 0 Å². The maximum Gasteiger partial charge on any atom is 0.123 e. The Morgan fingerprint density at radius 1 is 1.16 bits per heavy atom. The van der Waals surface area contributed by atoms with Gasteiger partial charge in [-0.1, -0.05) is 34.1 Å². The van der Waals surface area contributed by atoms with Crippen molar-refractivity contribution in [1.82, 2.24) is 5.32 Å². The van der Waals surface area contributed by atoms with Crippen LogP contribution in [0.3, 0.4) is 0 Å². The molecule has 2 aromatic carbocycles. The summed E-state index contributed by atoms with van der Waals surface area (Å²) in [6.07, 6.45) is 0. The molecule has 0 aliphatic carbocycles. The molecule has 0 radical (unpaired) electrons. The van der Waals surface area contributed by atoms with Gasteiger partial charge < -0.3 is 10.1 Å². The fourth-order valence-corrected chi connectivity index (χ4v) is 3.14. The zero-order valence-corrected chi connectivity index (χ0v) is 14.5. The second-order valence-electron chi connectivity index (χ2n) is 4.13. The summed E-state index contributed by atoms with van der Waals surface area (Å²) >= 11 is 5.90. The van der Waals surface area contributed by atoms with Crippen LogP contribution in [0, 0.1) is 3.57 Å². The molecule has 0 saturated carbocycles. The van der Waals surface area contributed by atoms with Crippen LogP contribution in [0.1, 0.15) is 17.2 Å². The number of methoxy groups -OCH3 is 1. The van der Waals surface area contributed by atoms with E-state index in [1.807, 2.05) is 25.2 Å². The average molecular weight is 432 g/mol. The van der Waals surface area contributed by atoms with Crippen molar-refractivity contribution in [1.29, 1.82) is 0 Å². The van der Waals surface area contributed by atoms with Crippen molar-refractivity contribution in [2.24, 2.45) is 0 Å². The Morgan fingerprint density at radius 3 is 2.58 bits per heavy atom. The van der Waals surface area contributed by atoms with E-state index in [4.69, 9.17) is 4.74 Å². The number of halogens is 2. The van der Waals surface area contributed by atoms with E-state index in [1.54, 1.807) is 7.11 Å². The van der Waals surface area contributed by atoms with Gasteiger partial charge in [-0.25, -0.2) is 0 Å². The zero-order chi connectivity index (χ0) is 13.8. The van der Waals surface area contributed by atoms with Crippen molar-refractivity contribution in [2.75, 3.05) is 14.2 Å². The molecule has 1 atom stereocenters. The highest BCUT2D eigenvalue weighted by molar-refractivity contribution is 14.1. The molecule has 0 aliphatic rings. The summed E-state index contributed by atoms with van der Waals surface area (Å²) in [5, 5.41) is 3.37. The van der Waals surface area contributed by atoms with Crippen LogP contribution in [0.25, 0.3) is 0 Å². The molecule has 0 amide bonds. The van der Waals surface area contributed by atoms with E-state index in [2.05, 4.69) is 68.1 Å². The normalized spacial score (nSPS) is 12.2. The van der Waals surface area contributed by atoms with Gasteiger partial charge in [-0.15, -0.1) is 0 Å². The van der Waals surface area contributed by atoms with Gasteiger partial charge in [0.1, 0.15) is 5.75 Å². The number of para-hydroxylation sites is 1. The Morgan fingerprint density at radius 2 is 1.89 bits per heavy atom. The topological polar surface area (TPSA) is 21.3 Å². The molecule has 2 nitrogen and oxygen atoms in total. The molecule has 0 fully saturated rings. The van der Waals surface area contributed by atoms with Gasteiger partial charge in [-0.05, 0) is 59.5 Å². The zero-order valence-electron chi connectivity index (χ0n) is 10.8. The minimum Gasteiger partial charge on any atom is -0.496 e. The van der Waals surface area contributed by atoms with Crippen LogP contribution in [-0.2, 0) is 0 Å². The number of nitrogens with one attached hydrogen (secondary N) is 1. The highest BCUT2D eigenvalue weighted by Gasteiger charge is 2.18. The first-order valence-electron chi connectivity index (χ1n) is 5.92. The number of hydrogen-bond donors (Lipinski definition) is 1. The van der Waals surface area contributed by atoms with Gasteiger partial charge in [0.05, 0.1) is 13.2 Å². The SMILES string of the molecule is CNC(c1cc(Br)ccc1I)c1ccccc1OC. The van der Waals surface area contributed by atoms with Gasteiger partial charge in [0, 0.05) is 13.6 Å².